The second-order valence-corrected chi connectivity index (χ2v) is 3.45. The highest BCUT2D eigenvalue weighted by Crippen LogP contribution is 2.25. The lowest BCUT2D eigenvalue weighted by Crippen LogP contribution is -2.03. The summed E-state index contributed by atoms with van der Waals surface area (Å²) in [6, 6.07) is 11.2. The molecule has 0 bridgehead atoms. The minimum atomic E-state index is 0.0273. The van der Waals surface area contributed by atoms with Crippen LogP contribution in [0.25, 0.3) is 11.3 Å². The highest BCUT2D eigenvalue weighted by Gasteiger charge is 2.15. The van der Waals surface area contributed by atoms with Gasteiger partial charge >= 0.3 is 0 Å². The van der Waals surface area contributed by atoms with Gasteiger partial charge in [0.05, 0.1) is 11.6 Å². The minimum absolute atomic E-state index is 0.0273. The number of benzene rings is 1. The van der Waals surface area contributed by atoms with Crippen LogP contribution in [-0.4, -0.2) is 16.1 Å². The predicted octanol–water partition coefficient (Wildman–Crippen LogP) is 1.47. The first kappa shape index (κ1) is 10.9. The molecule has 17 heavy (non-hydrogen) atoms. The van der Waals surface area contributed by atoms with E-state index in [0.717, 1.165) is 5.56 Å². The fraction of sp³-hybridized carbons (Fsp3) is 0.0833. The lowest BCUT2D eigenvalue weighted by atomic mass is 10.1. The second kappa shape index (κ2) is 4.49. The molecule has 0 spiro atoms. The topological polar surface area (TPSA) is 84.7 Å². The zero-order valence-electron chi connectivity index (χ0n) is 9.00. The molecule has 1 aromatic heterocycles. The van der Waals surface area contributed by atoms with Crippen LogP contribution in [0.4, 0.5) is 5.82 Å². The molecule has 0 unspecified atom stereocenters. The van der Waals surface area contributed by atoms with Crippen LogP contribution >= 0.6 is 0 Å². The number of aromatic nitrogens is 2. The quantitative estimate of drug-likeness (QED) is 0.803. The third-order valence-electron chi connectivity index (χ3n) is 2.42. The van der Waals surface area contributed by atoms with E-state index < -0.39 is 0 Å². The van der Waals surface area contributed by atoms with E-state index in [2.05, 4.69) is 5.10 Å². The highest BCUT2D eigenvalue weighted by atomic mass is 16.1. The van der Waals surface area contributed by atoms with Crippen LogP contribution in [0.15, 0.2) is 30.3 Å². The lowest BCUT2D eigenvalue weighted by molar-refractivity contribution is 0.112. The van der Waals surface area contributed by atoms with Gasteiger partial charge in [0.1, 0.15) is 18.1 Å². The molecular weight excluding hydrogens is 216 g/mol. The summed E-state index contributed by atoms with van der Waals surface area (Å²) in [6.07, 6.45) is 0.665. The number of carbonyl (C=O) groups excluding carboxylic acids is 1. The van der Waals surface area contributed by atoms with Crippen LogP contribution in [0.1, 0.15) is 10.4 Å². The van der Waals surface area contributed by atoms with E-state index in [9.17, 15) is 4.79 Å². The van der Waals surface area contributed by atoms with Gasteiger partial charge in [0.15, 0.2) is 6.29 Å². The van der Waals surface area contributed by atoms with Gasteiger partial charge in [-0.05, 0) is 0 Å². The molecule has 2 N–H and O–H groups in total. The number of nitrogens with zero attached hydrogens (tertiary/aromatic N) is 3. The maximum atomic E-state index is 11.0. The summed E-state index contributed by atoms with van der Waals surface area (Å²) >= 11 is 0. The Labute approximate surface area is 98.1 Å². The average Bonchev–Trinajstić information content (AvgIpc) is 2.68. The number of anilines is 1. The Morgan fingerprint density at radius 3 is 2.71 bits per heavy atom. The molecule has 0 saturated heterocycles. The Bertz CT molecular complexity index is 581. The monoisotopic (exact) mass is 226 g/mol. The molecule has 0 aliphatic carbocycles. The van der Waals surface area contributed by atoms with Crippen molar-refractivity contribution in [3.05, 3.63) is 35.9 Å². The molecule has 0 atom stereocenters. The molecule has 0 aliphatic heterocycles. The normalized spacial score (nSPS) is 9.82. The van der Waals surface area contributed by atoms with Gasteiger partial charge in [-0.15, -0.1) is 0 Å². The van der Waals surface area contributed by atoms with Crippen molar-refractivity contribution in [1.82, 2.24) is 9.78 Å². The van der Waals surface area contributed by atoms with Gasteiger partial charge in [0.25, 0.3) is 0 Å². The molecule has 2 rings (SSSR count). The van der Waals surface area contributed by atoms with Crippen LogP contribution < -0.4 is 5.73 Å². The molecule has 2 aromatic rings. The smallest absolute Gasteiger partial charge is 0.156 e. The first-order valence-corrected chi connectivity index (χ1v) is 5.01. The van der Waals surface area contributed by atoms with Crippen LogP contribution in [0, 0.1) is 11.3 Å². The van der Waals surface area contributed by atoms with Crippen molar-refractivity contribution in [2.75, 3.05) is 5.73 Å². The molecule has 84 valence electrons. The number of rotatable bonds is 3. The third-order valence-corrected chi connectivity index (χ3v) is 2.42. The number of hydrogen-bond donors (Lipinski definition) is 1. The van der Waals surface area contributed by atoms with E-state index in [1.165, 1.54) is 4.68 Å². The number of carbonyl (C=O) groups is 1. The van der Waals surface area contributed by atoms with Crippen LogP contribution in [-0.2, 0) is 6.54 Å². The molecule has 1 aromatic carbocycles. The summed E-state index contributed by atoms with van der Waals surface area (Å²) < 4.78 is 1.33. The van der Waals surface area contributed by atoms with E-state index in [1.807, 2.05) is 36.4 Å². The largest absolute Gasteiger partial charge is 0.383 e. The van der Waals surface area contributed by atoms with Crippen molar-refractivity contribution in [2.24, 2.45) is 0 Å². The molecular formula is C12H10N4O. The van der Waals surface area contributed by atoms with Crippen LogP contribution in [0.5, 0.6) is 0 Å². The standard InChI is InChI=1S/C12H10N4O/c13-6-7-16-12(14)10(8-17)11(15-16)9-4-2-1-3-5-9/h1-5,8H,7,14H2. The maximum absolute atomic E-state index is 11.0. The minimum Gasteiger partial charge on any atom is -0.383 e. The second-order valence-electron chi connectivity index (χ2n) is 3.45. The van der Waals surface area contributed by atoms with Gasteiger partial charge in [-0.25, -0.2) is 4.68 Å². The van der Waals surface area contributed by atoms with Crippen LogP contribution in [0.2, 0.25) is 0 Å². The zero-order valence-corrected chi connectivity index (χ0v) is 9.00. The van der Waals surface area contributed by atoms with Gasteiger partial charge in [0.2, 0.25) is 0 Å². The first-order valence-electron chi connectivity index (χ1n) is 5.01. The van der Waals surface area contributed by atoms with E-state index in [0.29, 0.717) is 17.5 Å². The number of hydrogen-bond acceptors (Lipinski definition) is 4. The van der Waals surface area contributed by atoms with Crippen molar-refractivity contribution in [2.45, 2.75) is 6.54 Å². The molecule has 1 heterocycles. The summed E-state index contributed by atoms with van der Waals surface area (Å²) in [6.45, 7) is 0.0273. The Kier molecular flexibility index (Phi) is 2.88. The van der Waals surface area contributed by atoms with Crippen molar-refractivity contribution in [3.63, 3.8) is 0 Å². The summed E-state index contributed by atoms with van der Waals surface area (Å²) in [5, 5.41) is 12.8. The zero-order chi connectivity index (χ0) is 12.3. The fourth-order valence-electron chi connectivity index (χ4n) is 1.60. The maximum Gasteiger partial charge on any atom is 0.156 e. The highest BCUT2D eigenvalue weighted by molar-refractivity contribution is 5.91. The van der Waals surface area contributed by atoms with E-state index in [4.69, 9.17) is 11.0 Å². The van der Waals surface area contributed by atoms with Crippen molar-refractivity contribution >= 4 is 12.1 Å². The fourth-order valence-corrected chi connectivity index (χ4v) is 1.60. The Balaban J connectivity index is 2.59. The van der Waals surface area contributed by atoms with Gasteiger partial charge in [-0.3, -0.25) is 4.79 Å². The molecule has 0 aliphatic rings. The lowest BCUT2D eigenvalue weighted by Gasteiger charge is -1.95. The Morgan fingerprint density at radius 2 is 2.12 bits per heavy atom. The third kappa shape index (κ3) is 1.88. The molecule has 0 radical (unpaired) electrons. The van der Waals surface area contributed by atoms with E-state index in [1.54, 1.807) is 0 Å². The summed E-state index contributed by atoms with van der Waals surface area (Å²) in [4.78, 5) is 11.0. The Hall–Kier alpha value is -2.61. The van der Waals surface area contributed by atoms with Gasteiger partial charge < -0.3 is 5.73 Å². The first-order chi connectivity index (χ1) is 8.27. The summed E-state index contributed by atoms with van der Waals surface area (Å²) in [5.41, 5.74) is 7.39. The van der Waals surface area contributed by atoms with Gasteiger partial charge in [0, 0.05) is 5.56 Å². The molecule has 5 heteroatoms. The average molecular weight is 226 g/mol. The molecule has 0 amide bonds. The molecule has 0 saturated carbocycles. The van der Waals surface area contributed by atoms with Crippen molar-refractivity contribution in [3.8, 4) is 17.3 Å². The van der Waals surface area contributed by atoms with Gasteiger partial charge in [-0.2, -0.15) is 10.4 Å². The van der Waals surface area contributed by atoms with Crippen LogP contribution in [0.3, 0.4) is 0 Å². The molecule has 5 nitrogen and oxygen atoms in total. The number of nitrogens with two attached hydrogens (primary N) is 1. The van der Waals surface area contributed by atoms with Crippen molar-refractivity contribution < 1.29 is 4.79 Å². The predicted molar refractivity (Wildman–Crippen MR) is 63.1 cm³/mol. The van der Waals surface area contributed by atoms with Crippen molar-refractivity contribution in [1.29, 1.82) is 5.26 Å². The van der Waals surface area contributed by atoms with Gasteiger partial charge in [-0.1, -0.05) is 30.3 Å². The summed E-state index contributed by atoms with van der Waals surface area (Å²) in [7, 11) is 0. The van der Waals surface area contributed by atoms with E-state index in [-0.39, 0.29) is 12.4 Å². The number of nitriles is 1. The Morgan fingerprint density at radius 1 is 1.41 bits per heavy atom. The summed E-state index contributed by atoms with van der Waals surface area (Å²) in [5.74, 6) is 0.223. The SMILES string of the molecule is N#CCn1nc(-c2ccccc2)c(C=O)c1N. The van der Waals surface area contributed by atoms with E-state index >= 15 is 0 Å². The number of aldehydes is 1. The molecule has 0 fully saturated rings. The number of nitrogen functional groups attached to an aromatic ring is 1.